The monoisotopic (exact) mass is 311 g/mol. The molecule has 0 aliphatic rings. The Morgan fingerprint density at radius 2 is 1.83 bits per heavy atom. The zero-order chi connectivity index (χ0) is 16.5. The topological polar surface area (TPSA) is 71.1 Å². The third-order valence-electron chi connectivity index (χ3n) is 3.35. The summed E-state index contributed by atoms with van der Waals surface area (Å²) in [7, 11) is 0. The van der Waals surface area contributed by atoms with Gasteiger partial charge in [0.05, 0.1) is 0 Å². The summed E-state index contributed by atoms with van der Waals surface area (Å²) in [6, 6.07) is 12.2. The lowest BCUT2D eigenvalue weighted by Gasteiger charge is -2.07. The van der Waals surface area contributed by atoms with Crippen LogP contribution in [0.3, 0.4) is 0 Å². The zero-order valence-corrected chi connectivity index (χ0v) is 13.2. The van der Waals surface area contributed by atoms with E-state index in [9.17, 15) is 9.59 Å². The Balaban J connectivity index is 1.98. The minimum absolute atomic E-state index is 0.183. The number of unbranched alkanes of at least 4 members (excludes halogenated alkanes) is 2. The second-order valence-electron chi connectivity index (χ2n) is 5.21. The number of hydrogen-bond donors (Lipinski definition) is 2. The molecule has 5 heteroatoms. The zero-order valence-electron chi connectivity index (χ0n) is 13.2. The molecule has 0 bridgehead atoms. The first-order valence-corrected chi connectivity index (χ1v) is 7.81. The van der Waals surface area contributed by atoms with E-state index in [1.165, 1.54) is 12.3 Å². The van der Waals surface area contributed by atoms with Crippen LogP contribution < -0.4 is 10.6 Å². The molecule has 0 saturated heterocycles. The molecular weight excluding hydrogens is 290 g/mol. The molecule has 1 aromatic heterocycles. The van der Waals surface area contributed by atoms with E-state index in [1.54, 1.807) is 18.2 Å². The highest BCUT2D eigenvalue weighted by Gasteiger charge is 2.11. The predicted octanol–water partition coefficient (Wildman–Crippen LogP) is 3.25. The third kappa shape index (κ3) is 5.21. The van der Waals surface area contributed by atoms with E-state index in [0.717, 1.165) is 19.3 Å². The summed E-state index contributed by atoms with van der Waals surface area (Å²) in [5.41, 5.74) is 1.35. The molecule has 0 fully saturated rings. The number of para-hydroxylation sites is 1. The molecule has 2 aromatic rings. The van der Waals surface area contributed by atoms with Crippen molar-refractivity contribution in [2.45, 2.75) is 26.2 Å². The predicted molar refractivity (Wildman–Crippen MR) is 90.5 cm³/mol. The summed E-state index contributed by atoms with van der Waals surface area (Å²) in [5, 5.41) is 5.60. The number of nitrogens with zero attached hydrogens (tertiary/aromatic N) is 1. The lowest BCUT2D eigenvalue weighted by molar-refractivity contribution is 0.0953. The Labute approximate surface area is 136 Å². The molecule has 0 spiro atoms. The first-order chi connectivity index (χ1) is 11.2. The van der Waals surface area contributed by atoms with Gasteiger partial charge in [-0.15, -0.1) is 0 Å². The van der Waals surface area contributed by atoms with E-state index < -0.39 is 0 Å². The summed E-state index contributed by atoms with van der Waals surface area (Å²) in [6.07, 6.45) is 4.62. The largest absolute Gasteiger partial charge is 0.352 e. The molecule has 0 unspecified atom stereocenters. The number of aromatic nitrogens is 1. The van der Waals surface area contributed by atoms with Crippen LogP contribution in [0, 0.1) is 0 Å². The summed E-state index contributed by atoms with van der Waals surface area (Å²) >= 11 is 0. The van der Waals surface area contributed by atoms with Gasteiger partial charge in [-0.3, -0.25) is 14.6 Å². The van der Waals surface area contributed by atoms with E-state index >= 15 is 0 Å². The Kier molecular flexibility index (Phi) is 6.29. The number of benzene rings is 1. The number of nitrogens with one attached hydrogen (secondary N) is 2. The summed E-state index contributed by atoms with van der Waals surface area (Å²) in [4.78, 5) is 28.3. The van der Waals surface area contributed by atoms with Crippen LogP contribution in [0.15, 0.2) is 48.7 Å². The highest BCUT2D eigenvalue weighted by molar-refractivity contribution is 6.04. The van der Waals surface area contributed by atoms with Gasteiger partial charge in [-0.2, -0.15) is 0 Å². The molecule has 0 saturated carbocycles. The molecule has 0 aliphatic carbocycles. The number of amides is 2. The summed E-state index contributed by atoms with van der Waals surface area (Å²) in [5.74, 6) is -0.519. The maximum Gasteiger partial charge on any atom is 0.274 e. The molecule has 23 heavy (non-hydrogen) atoms. The van der Waals surface area contributed by atoms with Gasteiger partial charge in [0.25, 0.3) is 11.8 Å². The minimum Gasteiger partial charge on any atom is -0.352 e. The number of hydrogen-bond acceptors (Lipinski definition) is 3. The van der Waals surface area contributed by atoms with Gasteiger partial charge < -0.3 is 10.6 Å². The fourth-order valence-corrected chi connectivity index (χ4v) is 2.09. The summed E-state index contributed by atoms with van der Waals surface area (Å²) < 4.78 is 0. The molecule has 5 nitrogen and oxygen atoms in total. The molecule has 1 heterocycles. The fraction of sp³-hybridized carbons (Fsp3) is 0.278. The lowest BCUT2D eigenvalue weighted by atomic mass is 10.2. The second kappa shape index (κ2) is 8.68. The number of pyridine rings is 1. The van der Waals surface area contributed by atoms with Crippen LogP contribution in [-0.4, -0.2) is 23.3 Å². The van der Waals surface area contributed by atoms with E-state index in [-0.39, 0.29) is 17.5 Å². The van der Waals surface area contributed by atoms with Crippen LogP contribution in [0.5, 0.6) is 0 Å². The fourth-order valence-electron chi connectivity index (χ4n) is 2.09. The van der Waals surface area contributed by atoms with E-state index in [2.05, 4.69) is 22.5 Å². The van der Waals surface area contributed by atoms with Crippen molar-refractivity contribution in [1.82, 2.24) is 10.3 Å². The van der Waals surface area contributed by atoms with Gasteiger partial charge in [0.2, 0.25) is 0 Å². The molecule has 2 amide bonds. The van der Waals surface area contributed by atoms with Crippen molar-refractivity contribution >= 4 is 17.5 Å². The van der Waals surface area contributed by atoms with Gasteiger partial charge in [-0.25, -0.2) is 0 Å². The second-order valence-corrected chi connectivity index (χ2v) is 5.21. The normalized spacial score (nSPS) is 10.1. The molecule has 120 valence electrons. The minimum atomic E-state index is -0.336. The average Bonchev–Trinajstić information content (AvgIpc) is 2.59. The van der Waals surface area contributed by atoms with Crippen LogP contribution in [0.2, 0.25) is 0 Å². The van der Waals surface area contributed by atoms with Crippen molar-refractivity contribution in [2.75, 3.05) is 11.9 Å². The highest BCUT2D eigenvalue weighted by atomic mass is 16.2. The lowest BCUT2D eigenvalue weighted by Crippen LogP contribution is -2.25. The Morgan fingerprint density at radius 3 is 2.57 bits per heavy atom. The van der Waals surface area contributed by atoms with E-state index in [1.807, 2.05) is 18.2 Å². The molecule has 0 atom stereocenters. The first kappa shape index (κ1) is 16.7. The Bertz CT molecular complexity index is 656. The maximum atomic E-state index is 12.2. The highest BCUT2D eigenvalue weighted by Crippen LogP contribution is 2.09. The molecule has 1 aromatic carbocycles. The van der Waals surface area contributed by atoms with Crippen LogP contribution in [0.25, 0.3) is 0 Å². The SMILES string of the molecule is CCCCCNC(=O)c1ccnc(C(=O)Nc2ccccc2)c1. The maximum absolute atomic E-state index is 12.2. The van der Waals surface area contributed by atoms with Gasteiger partial charge >= 0.3 is 0 Å². The van der Waals surface area contributed by atoms with Crippen molar-refractivity contribution in [3.8, 4) is 0 Å². The number of carbonyl (C=O) groups excluding carboxylic acids is 2. The van der Waals surface area contributed by atoms with Crippen LogP contribution in [0.4, 0.5) is 5.69 Å². The average molecular weight is 311 g/mol. The molecule has 2 rings (SSSR count). The smallest absolute Gasteiger partial charge is 0.274 e. The van der Waals surface area contributed by atoms with Gasteiger partial charge in [0, 0.05) is 24.0 Å². The van der Waals surface area contributed by atoms with Crippen LogP contribution in [0.1, 0.15) is 47.0 Å². The van der Waals surface area contributed by atoms with Gasteiger partial charge in [-0.1, -0.05) is 38.0 Å². The van der Waals surface area contributed by atoms with Gasteiger partial charge in [0.1, 0.15) is 5.69 Å². The van der Waals surface area contributed by atoms with Crippen molar-refractivity contribution in [3.05, 3.63) is 59.9 Å². The number of rotatable bonds is 7. The van der Waals surface area contributed by atoms with E-state index in [4.69, 9.17) is 0 Å². The van der Waals surface area contributed by atoms with Crippen LogP contribution in [-0.2, 0) is 0 Å². The molecule has 0 radical (unpaired) electrons. The van der Waals surface area contributed by atoms with Crippen molar-refractivity contribution in [1.29, 1.82) is 0 Å². The first-order valence-electron chi connectivity index (χ1n) is 7.81. The Hall–Kier alpha value is -2.69. The van der Waals surface area contributed by atoms with Crippen LogP contribution >= 0.6 is 0 Å². The van der Waals surface area contributed by atoms with Crippen molar-refractivity contribution in [3.63, 3.8) is 0 Å². The van der Waals surface area contributed by atoms with Gasteiger partial charge in [-0.05, 0) is 30.7 Å². The van der Waals surface area contributed by atoms with Gasteiger partial charge in [0.15, 0.2) is 0 Å². The summed E-state index contributed by atoms with van der Waals surface area (Å²) in [6.45, 7) is 2.75. The third-order valence-corrected chi connectivity index (χ3v) is 3.35. The Morgan fingerprint density at radius 1 is 1.04 bits per heavy atom. The quantitative estimate of drug-likeness (QED) is 0.771. The van der Waals surface area contributed by atoms with Crippen molar-refractivity contribution in [2.24, 2.45) is 0 Å². The number of carbonyl (C=O) groups is 2. The molecule has 0 aliphatic heterocycles. The van der Waals surface area contributed by atoms with Crippen molar-refractivity contribution < 1.29 is 9.59 Å². The molecular formula is C18H21N3O2. The standard InChI is InChI=1S/C18H21N3O2/c1-2-3-7-11-20-17(22)14-10-12-19-16(13-14)18(23)21-15-8-5-4-6-9-15/h4-6,8-10,12-13H,2-3,7,11H2,1H3,(H,20,22)(H,21,23). The number of anilines is 1. The van der Waals surface area contributed by atoms with E-state index in [0.29, 0.717) is 17.8 Å². The molecule has 2 N–H and O–H groups in total.